The lowest BCUT2D eigenvalue weighted by Crippen LogP contribution is -2.50. The zero-order valence-electron chi connectivity index (χ0n) is 24.2. The van der Waals surface area contributed by atoms with Crippen LogP contribution in [0.5, 0.6) is 0 Å². The Morgan fingerprint density at radius 3 is 1.74 bits per heavy atom. The van der Waals surface area contributed by atoms with E-state index in [0.29, 0.717) is 12.8 Å². The molecule has 0 saturated heterocycles. The van der Waals surface area contributed by atoms with E-state index in [1.54, 1.807) is 6.08 Å². The van der Waals surface area contributed by atoms with E-state index in [0.717, 1.165) is 32.1 Å². The number of hydrogen-bond donors (Lipinski definition) is 4. The fourth-order valence-electron chi connectivity index (χ4n) is 4.35. The fraction of sp³-hybridized carbons (Fsp3) is 0.833. The maximum atomic E-state index is 12.4. The number of nitrogens with one attached hydrogen (secondary N) is 1. The molecule has 38 heavy (non-hydrogen) atoms. The molecule has 3 atom stereocenters. The van der Waals surface area contributed by atoms with Gasteiger partial charge in [0.05, 0.1) is 17.9 Å². The van der Waals surface area contributed by atoms with E-state index in [-0.39, 0.29) is 6.42 Å². The van der Waals surface area contributed by atoms with Crippen molar-refractivity contribution < 1.29 is 28.0 Å². The SMILES string of the molecule is CCCCCCCC/C=C/CC/C=C/C(O)C(CS(=O)(=O)O)NC(=O)C(O)CCCCCCCCCCC. The Morgan fingerprint density at radius 1 is 0.711 bits per heavy atom. The first-order valence-electron chi connectivity index (χ1n) is 15.1. The summed E-state index contributed by atoms with van der Waals surface area (Å²) < 4.78 is 32.1. The predicted octanol–water partition coefficient (Wildman–Crippen LogP) is 6.64. The van der Waals surface area contributed by atoms with Crippen LogP contribution in [-0.4, -0.2) is 53.1 Å². The molecule has 1 amide bonds. The van der Waals surface area contributed by atoms with Gasteiger partial charge >= 0.3 is 0 Å². The van der Waals surface area contributed by atoms with Crippen LogP contribution in [0, 0.1) is 0 Å². The minimum absolute atomic E-state index is 0.275. The van der Waals surface area contributed by atoms with E-state index >= 15 is 0 Å². The van der Waals surface area contributed by atoms with Crippen molar-refractivity contribution in [2.24, 2.45) is 0 Å². The van der Waals surface area contributed by atoms with Crippen LogP contribution in [-0.2, 0) is 14.9 Å². The second kappa shape index (κ2) is 24.8. The summed E-state index contributed by atoms with van der Waals surface area (Å²) in [5.74, 6) is -1.56. The van der Waals surface area contributed by atoms with Crippen LogP contribution < -0.4 is 5.32 Å². The smallest absolute Gasteiger partial charge is 0.267 e. The summed E-state index contributed by atoms with van der Waals surface area (Å²) in [5.41, 5.74) is 0. The van der Waals surface area contributed by atoms with Crippen molar-refractivity contribution in [1.82, 2.24) is 5.32 Å². The minimum atomic E-state index is -4.43. The summed E-state index contributed by atoms with van der Waals surface area (Å²) in [7, 11) is -4.43. The van der Waals surface area contributed by atoms with Crippen LogP contribution in [0.1, 0.15) is 136 Å². The largest absolute Gasteiger partial charge is 0.387 e. The number of allylic oxidation sites excluding steroid dienone is 3. The molecule has 0 aromatic carbocycles. The highest BCUT2D eigenvalue weighted by Gasteiger charge is 2.27. The summed E-state index contributed by atoms with van der Waals surface area (Å²) in [4.78, 5) is 12.4. The van der Waals surface area contributed by atoms with Crippen LogP contribution in [0.25, 0.3) is 0 Å². The van der Waals surface area contributed by atoms with Gasteiger partial charge in [-0.2, -0.15) is 8.42 Å². The molecule has 0 bridgehead atoms. The van der Waals surface area contributed by atoms with Crippen LogP contribution in [0.2, 0.25) is 0 Å². The molecule has 8 heteroatoms. The number of unbranched alkanes of at least 4 members (excludes halogenated alkanes) is 15. The summed E-state index contributed by atoms with van der Waals surface area (Å²) in [6, 6.07) is -1.24. The summed E-state index contributed by atoms with van der Waals surface area (Å²) >= 11 is 0. The Balaban J connectivity index is 4.34. The molecular formula is C30H57NO6S. The Labute approximate surface area is 233 Å². The van der Waals surface area contributed by atoms with Crippen molar-refractivity contribution in [3.63, 3.8) is 0 Å². The van der Waals surface area contributed by atoms with Gasteiger partial charge in [-0.1, -0.05) is 128 Å². The average Bonchev–Trinajstić information content (AvgIpc) is 2.86. The molecule has 0 rings (SSSR count). The van der Waals surface area contributed by atoms with E-state index in [1.165, 1.54) is 76.7 Å². The maximum absolute atomic E-state index is 12.4. The molecule has 0 aliphatic rings. The normalized spacial score (nSPS) is 14.8. The highest BCUT2D eigenvalue weighted by Crippen LogP contribution is 2.12. The Hall–Kier alpha value is -1.22. The van der Waals surface area contributed by atoms with Crippen molar-refractivity contribution in [2.75, 3.05) is 5.75 Å². The molecule has 0 heterocycles. The third kappa shape index (κ3) is 23.9. The maximum Gasteiger partial charge on any atom is 0.267 e. The number of hydrogen-bond acceptors (Lipinski definition) is 5. The van der Waals surface area contributed by atoms with Gasteiger partial charge < -0.3 is 15.5 Å². The third-order valence-corrected chi connectivity index (χ3v) is 7.52. The van der Waals surface area contributed by atoms with Crippen LogP contribution in [0.4, 0.5) is 0 Å². The lowest BCUT2D eigenvalue weighted by atomic mass is 10.0. The quantitative estimate of drug-likeness (QED) is 0.0535. The zero-order chi connectivity index (χ0) is 28.5. The van der Waals surface area contributed by atoms with Crippen molar-refractivity contribution in [3.8, 4) is 0 Å². The van der Waals surface area contributed by atoms with Gasteiger partial charge in [0, 0.05) is 0 Å². The van der Waals surface area contributed by atoms with Crippen molar-refractivity contribution in [1.29, 1.82) is 0 Å². The Morgan fingerprint density at radius 2 is 1.18 bits per heavy atom. The zero-order valence-corrected chi connectivity index (χ0v) is 25.0. The van der Waals surface area contributed by atoms with Crippen molar-refractivity contribution in [2.45, 2.75) is 154 Å². The summed E-state index contributed by atoms with van der Waals surface area (Å²) in [5, 5.41) is 23.0. The molecule has 0 aliphatic carbocycles. The molecule has 0 saturated carbocycles. The van der Waals surface area contributed by atoms with E-state index in [1.807, 2.05) is 0 Å². The predicted molar refractivity (Wildman–Crippen MR) is 158 cm³/mol. The molecular weight excluding hydrogens is 502 g/mol. The molecule has 224 valence electrons. The van der Waals surface area contributed by atoms with E-state index in [4.69, 9.17) is 0 Å². The molecule has 0 fully saturated rings. The van der Waals surface area contributed by atoms with Crippen molar-refractivity contribution in [3.05, 3.63) is 24.3 Å². The first kappa shape index (κ1) is 36.8. The summed E-state index contributed by atoms with van der Waals surface area (Å²) in [6.45, 7) is 4.41. The molecule has 4 N–H and O–H groups in total. The van der Waals surface area contributed by atoms with Gasteiger partial charge in [-0.15, -0.1) is 0 Å². The number of amides is 1. The monoisotopic (exact) mass is 559 g/mol. The Kier molecular flexibility index (Phi) is 24.0. The topological polar surface area (TPSA) is 124 Å². The van der Waals surface area contributed by atoms with Gasteiger partial charge in [-0.05, 0) is 32.1 Å². The van der Waals surface area contributed by atoms with Crippen LogP contribution in [0.15, 0.2) is 24.3 Å². The highest BCUT2D eigenvalue weighted by atomic mass is 32.2. The standard InChI is InChI=1S/C30H57NO6S/c1-3-5-7-9-11-13-14-15-17-18-20-22-24-28(32)27(26-38(35,36)37)31-30(34)29(33)25-23-21-19-16-12-10-8-6-4-2/h15,17,22,24,27-29,32-33H,3-14,16,18-21,23,25-26H2,1-2H3,(H,31,34)(H,35,36,37)/b17-15+,24-22+. The van der Waals surface area contributed by atoms with Gasteiger partial charge in [0.2, 0.25) is 5.91 Å². The van der Waals surface area contributed by atoms with Gasteiger partial charge in [0.15, 0.2) is 0 Å². The van der Waals surface area contributed by atoms with E-state index in [9.17, 15) is 28.0 Å². The first-order valence-corrected chi connectivity index (χ1v) is 16.8. The van der Waals surface area contributed by atoms with Gasteiger partial charge in [-0.25, -0.2) is 0 Å². The highest BCUT2D eigenvalue weighted by molar-refractivity contribution is 7.85. The third-order valence-electron chi connectivity index (χ3n) is 6.74. The molecule has 0 aromatic rings. The number of rotatable bonds is 26. The number of carbonyl (C=O) groups excluding carboxylic acids is 1. The fourth-order valence-corrected chi connectivity index (χ4v) is 5.09. The second-order valence-corrected chi connectivity index (χ2v) is 12.0. The molecule has 0 aliphatic heterocycles. The van der Waals surface area contributed by atoms with Crippen molar-refractivity contribution >= 4 is 16.0 Å². The number of carbonyl (C=O) groups is 1. The van der Waals surface area contributed by atoms with Gasteiger partial charge in [-0.3, -0.25) is 9.35 Å². The Bertz CT molecular complexity index is 722. The molecule has 0 aromatic heterocycles. The second-order valence-electron chi connectivity index (χ2n) is 10.5. The summed E-state index contributed by atoms with van der Waals surface area (Å²) in [6.07, 6.45) is 25.3. The average molecular weight is 560 g/mol. The minimum Gasteiger partial charge on any atom is -0.387 e. The molecule has 7 nitrogen and oxygen atoms in total. The first-order chi connectivity index (χ1) is 18.2. The van der Waals surface area contributed by atoms with E-state index in [2.05, 4.69) is 31.3 Å². The molecule has 0 radical (unpaired) electrons. The molecule has 3 unspecified atom stereocenters. The van der Waals surface area contributed by atoms with Gasteiger partial charge in [0.1, 0.15) is 6.10 Å². The van der Waals surface area contributed by atoms with Gasteiger partial charge in [0.25, 0.3) is 10.1 Å². The van der Waals surface area contributed by atoms with Crippen LogP contribution in [0.3, 0.4) is 0 Å². The van der Waals surface area contributed by atoms with Crippen LogP contribution >= 0.6 is 0 Å². The lowest BCUT2D eigenvalue weighted by Gasteiger charge is -2.22. The number of aliphatic hydroxyl groups excluding tert-OH is 2. The lowest BCUT2D eigenvalue weighted by molar-refractivity contribution is -0.130. The molecule has 0 spiro atoms. The number of aliphatic hydroxyl groups is 2. The van der Waals surface area contributed by atoms with E-state index < -0.39 is 40.0 Å².